The third kappa shape index (κ3) is 24.4. The molecule has 139 heavy (non-hydrogen) atoms. The number of amides is 9. The summed E-state index contributed by atoms with van der Waals surface area (Å²) in [7, 11) is 6.28. The van der Waals surface area contributed by atoms with Gasteiger partial charge in [0.05, 0.1) is 59.4 Å². The summed E-state index contributed by atoms with van der Waals surface area (Å²) in [5.41, 5.74) is 9.34. The van der Waals surface area contributed by atoms with Crippen molar-refractivity contribution in [2.75, 3.05) is 107 Å². The maximum Gasteiger partial charge on any atom is 0.373 e. The van der Waals surface area contributed by atoms with Gasteiger partial charge in [0.15, 0.2) is 61.5 Å². The summed E-state index contributed by atoms with van der Waals surface area (Å²) in [6.07, 6.45) is -17.9. The molecule has 16 aliphatic rings. The SMILES string of the molecule is C#C[C@@]12CO[C@@H](O1)[C@H](NC(C)=O)[C@@H](O)[C@H]2O.CC(=O)N[C@H]1[C@H]2OC[C@](C(=O)O)(O2)[C@H](O)[C@@H]1O.CC(=O)N[C@H]1[C@H]2OC[C@](C(N)=O)(O2)[C@H](O)[C@@H]1O.CC(=O)N[C@H]1[C@H]2OC[C@](CN)(O2)[C@H](O)[C@@H]1O.CC(=O)N[C@H]1[C@H]2OC[C@](CN=[N+]=[N-])(O2)[C@H](O)[C@@H]1O.CC(=O)N[C@H]1[C@H]2OC[C@](CS)(O2)[C@H](O)[C@@H]1O.CO[C@@H]1[C@@H](NC(C)=O)[C@H]2OC[C@](C)(O2)[C@@H]1OC.O=C=O.[C-]#[N+]C[C@@]12CO[C@@H](O1)[C@H](NC(C)=O)[C@@H](OC)[C@H]2OC. The fraction of sp³-hybridized carbons (Fsp3) is 0.823. The first kappa shape index (κ1) is 116. The van der Waals surface area contributed by atoms with E-state index in [1.807, 2.05) is 6.92 Å². The molecule has 0 aliphatic carbocycles. The maximum absolute atomic E-state index is 11.3. The van der Waals surface area contributed by atoms with Crippen LogP contribution in [0.3, 0.4) is 0 Å². The number of carboxylic acids is 1. The summed E-state index contributed by atoms with van der Waals surface area (Å²) in [4.78, 5) is 133. The van der Waals surface area contributed by atoms with E-state index in [2.05, 4.69) is 76.0 Å². The number of hydrogen-bond acceptors (Lipinski definition) is 47. The molecule has 16 saturated heterocycles. The van der Waals surface area contributed by atoms with Crippen molar-refractivity contribution in [1.82, 2.24) is 42.5 Å². The highest BCUT2D eigenvalue weighted by molar-refractivity contribution is 7.80. The summed E-state index contributed by atoms with van der Waals surface area (Å²) in [6.45, 7) is 20.0. The van der Waals surface area contributed by atoms with Gasteiger partial charge in [-0.05, 0) is 12.5 Å². The Kier molecular flexibility index (Phi) is 40.2. The molecule has 16 fully saturated rings. The Labute approximate surface area is 797 Å². The number of hydrogen-bond donors (Lipinski definition) is 24. The second-order valence-electron chi connectivity index (χ2n) is 34.7. The number of aliphatic hydroxyl groups is 12. The molecular formula is C79H122N14O45S. The van der Waals surface area contributed by atoms with Gasteiger partial charge in [-0.15, -0.1) is 6.42 Å². The Hall–Kier alpha value is -8.53. The second kappa shape index (κ2) is 48.2. The first-order chi connectivity index (χ1) is 65.3. The average Bonchev–Trinajstić information content (AvgIpc) is 1.60. The molecule has 16 rings (SSSR count). The van der Waals surface area contributed by atoms with Crippen LogP contribution in [0.2, 0.25) is 0 Å². The Morgan fingerprint density at radius 3 is 1.10 bits per heavy atom. The lowest BCUT2D eigenvalue weighted by atomic mass is 9.87. The molecule has 25 N–H and O–H groups in total. The molecule has 59 nitrogen and oxygen atoms in total. The number of primary amides is 1. The molecule has 784 valence electrons. The normalized spacial score (nSPS) is 43.5. The van der Waals surface area contributed by atoms with E-state index in [1.165, 1.54) is 62.5 Å². The fourth-order valence-corrected chi connectivity index (χ4v) is 18.4. The van der Waals surface area contributed by atoms with E-state index in [9.17, 15) is 109 Å². The highest BCUT2D eigenvalue weighted by Crippen LogP contribution is 2.46. The molecule has 0 saturated carbocycles. The summed E-state index contributed by atoms with van der Waals surface area (Å²) in [6, 6.07) is -5.89. The summed E-state index contributed by atoms with van der Waals surface area (Å²) in [5, 5.41) is 151. The van der Waals surface area contributed by atoms with E-state index >= 15 is 0 Å². The first-order valence-electron chi connectivity index (χ1n) is 42.7. The van der Waals surface area contributed by atoms with Gasteiger partial charge in [-0.1, -0.05) is 11.0 Å². The van der Waals surface area contributed by atoms with Crippen molar-refractivity contribution in [3.63, 3.8) is 0 Å². The minimum absolute atomic E-state index is 0.00246. The quantitative estimate of drug-likeness (QED) is 0.0143. The lowest BCUT2D eigenvalue weighted by molar-refractivity contribution is -0.232. The van der Waals surface area contributed by atoms with Crippen molar-refractivity contribution in [3.05, 3.63) is 21.9 Å². The van der Waals surface area contributed by atoms with E-state index in [0.29, 0.717) is 6.61 Å². The third-order valence-electron chi connectivity index (χ3n) is 25.0. The van der Waals surface area contributed by atoms with Gasteiger partial charge in [0.2, 0.25) is 65.0 Å². The number of azide groups is 1. The average molecular weight is 2020 g/mol. The van der Waals surface area contributed by atoms with Crippen LogP contribution in [0.15, 0.2) is 5.11 Å². The van der Waals surface area contributed by atoms with Crippen molar-refractivity contribution in [1.29, 1.82) is 0 Å². The number of aliphatic carboxylic acids is 1. The van der Waals surface area contributed by atoms with E-state index in [-0.39, 0.29) is 131 Å². The molecule has 0 spiro atoms. The molecule has 60 heteroatoms. The van der Waals surface area contributed by atoms with Crippen molar-refractivity contribution in [2.24, 2.45) is 16.6 Å². The van der Waals surface area contributed by atoms with Crippen LogP contribution in [-0.4, -0.2) is 479 Å². The number of nitrogens with two attached hydrogens (primary N) is 2. The number of aliphatic hydroxyl groups excluding tert-OH is 12. The predicted octanol–water partition coefficient (Wildman–Crippen LogP) is -14.9. The van der Waals surface area contributed by atoms with Gasteiger partial charge in [0.25, 0.3) is 5.91 Å². The van der Waals surface area contributed by atoms with Gasteiger partial charge < -0.3 is 220 Å². The zero-order valence-electron chi connectivity index (χ0n) is 77.3. The smallest absolute Gasteiger partial charge is 0.373 e. The number of carbonyl (C=O) groups is 10. The zero-order valence-corrected chi connectivity index (χ0v) is 78.2. The Bertz CT molecular complexity index is 4340. The van der Waals surface area contributed by atoms with Crippen LogP contribution in [0.1, 0.15) is 62.3 Å². The number of terminal acetylenes is 1. The standard InChI is InChI=1S/C12H18N2O5.C11H19NO5.C10H13NO5.C9H14N4O5.C9H14N2O6.C9H16N2O5.C9H13NO7.C9H15NO5S.CO2/c1-7(15)14-8-9(16-3)10(17-4)12(5-13-2)6-18-11(8)19-12;1-6(13)12-7-8(14-3)9(15-4)11(2)5-16-10(7)17-11;1-3-10-4-15-9(16-10)6(11-5(2)12)7(13)8(10)14;1-4(14)12-5-6(15)7(16)9(2-11-13-10)3-17-8(5)18-9;1-3(12)11-4-5(13)6(14)9(8(10)15)2-16-7(4)17-9;1-4(12)11-5-6(13)7(14)9(2-10)3-15-8(5)16-9;1-3(11)10-4-5(12)6(13)9(8(14)15)2-16-7(4)17-9;1-4(11)10-5-6(12)7(13)9(3-16)2-14-8(5)15-9;2-1-3/h8-11H,5-6H2,1,3-4H3,(H,14,15);7-10H,5H2,1-4H3,(H,12,13);1,6-9,13-14H,4H2,2H3,(H,11,12);5-8,15-16H,2-3H2,1H3,(H,12,14);4-7,13-14H,2H2,1H3,(H2,10,15)(H,11,12);5-8,13-14H,2-3,10H2,1H3,(H,11,12);4-7,12-13H,2H2,1H3,(H,10,11)(H,14,15);5-8,12-13,16H,2-3H2,1H3,(H,10,11);/t8-,9-,10-,11+,12+;7-,8-,9-,10+,11+;6-,7-,8-,9+,10+;5-,6-,7-,8+,9+;4-,5-,6-,7+,9+;5-,6-,7-,8+,9+;4-,5-,6-,7+,9+;5-,6-,7-,8+,9-;/m11111111./s1. The summed E-state index contributed by atoms with van der Waals surface area (Å²) >= 11 is 4.09. The van der Waals surface area contributed by atoms with Crippen LogP contribution in [-0.2, 0) is 152 Å². The molecule has 0 unspecified atom stereocenters. The Morgan fingerprint density at radius 1 is 0.424 bits per heavy atom. The molecule has 0 radical (unpaired) electrons. The highest BCUT2D eigenvalue weighted by atomic mass is 32.1. The number of carbonyl (C=O) groups excluding carboxylic acids is 11. The van der Waals surface area contributed by atoms with E-state index in [4.69, 9.17) is 139 Å². The third-order valence-corrected chi connectivity index (χ3v) is 25.6. The molecule has 0 aromatic heterocycles. The van der Waals surface area contributed by atoms with Gasteiger partial charge >= 0.3 is 12.1 Å². The van der Waals surface area contributed by atoms with Gasteiger partial charge in [0, 0.05) is 101 Å². The van der Waals surface area contributed by atoms with E-state index < -0.39 is 247 Å². The number of fused-ring (bicyclic) bond motifs is 16. The number of methoxy groups -OCH3 is 4. The second-order valence-corrected chi connectivity index (χ2v) is 35.0. The fourth-order valence-electron chi connectivity index (χ4n) is 18.1. The van der Waals surface area contributed by atoms with Crippen LogP contribution in [0.25, 0.3) is 15.3 Å². The monoisotopic (exact) mass is 2020 g/mol. The minimum Gasteiger partial charge on any atom is -0.479 e. The van der Waals surface area contributed by atoms with Gasteiger partial charge in [-0.25, -0.2) is 11.4 Å². The van der Waals surface area contributed by atoms with Crippen LogP contribution in [0.5, 0.6) is 0 Å². The van der Waals surface area contributed by atoms with E-state index in [0.717, 1.165) is 0 Å². The molecule has 9 amide bonds. The number of carboxylic acid groups (broad SMARTS) is 1. The molecule has 16 aliphatic heterocycles. The number of nitrogens with one attached hydrogen (secondary N) is 8. The van der Waals surface area contributed by atoms with Crippen LogP contribution in [0, 0.1) is 18.9 Å². The molecule has 0 aromatic carbocycles. The van der Waals surface area contributed by atoms with E-state index in [1.54, 1.807) is 21.3 Å². The van der Waals surface area contributed by atoms with Crippen molar-refractivity contribution >= 4 is 77.9 Å². The lowest BCUT2D eigenvalue weighted by Gasteiger charge is -2.44. The van der Waals surface area contributed by atoms with Crippen LogP contribution in [0.4, 0.5) is 0 Å². The van der Waals surface area contributed by atoms with Crippen LogP contribution < -0.4 is 54.0 Å². The molecule has 0 aromatic rings. The Balaban J connectivity index is 0.000000194. The number of ether oxygens (including phenoxy) is 20. The van der Waals surface area contributed by atoms with Gasteiger partial charge in [-0.3, -0.25) is 43.2 Å². The van der Waals surface area contributed by atoms with Crippen molar-refractivity contribution in [2.45, 2.75) is 303 Å². The van der Waals surface area contributed by atoms with Crippen LogP contribution >= 0.6 is 12.6 Å². The number of thiol groups is 1. The lowest BCUT2D eigenvalue weighted by Crippen LogP contribution is -2.68. The van der Waals surface area contributed by atoms with Crippen molar-refractivity contribution < 1.29 is 219 Å². The minimum atomic E-state index is -1.96. The molecule has 16 bridgehead atoms. The first-order valence-corrected chi connectivity index (χ1v) is 43.4. The molecule has 16 heterocycles. The Morgan fingerprint density at radius 2 is 0.719 bits per heavy atom. The number of nitrogens with zero attached hydrogens (tertiary/aromatic N) is 4. The largest absolute Gasteiger partial charge is 0.479 e. The molecule has 40 atom stereocenters. The zero-order chi connectivity index (χ0) is 104. The highest BCUT2D eigenvalue weighted by Gasteiger charge is 2.69. The van der Waals surface area contributed by atoms with Gasteiger partial charge in [0.1, 0.15) is 168 Å². The number of rotatable bonds is 19. The predicted molar refractivity (Wildman–Crippen MR) is 449 cm³/mol. The van der Waals surface area contributed by atoms with Gasteiger partial charge in [-0.2, -0.15) is 22.2 Å². The summed E-state index contributed by atoms with van der Waals surface area (Å²) < 4.78 is 108. The summed E-state index contributed by atoms with van der Waals surface area (Å²) in [5.74, 6) is -2.32. The van der Waals surface area contributed by atoms with Crippen molar-refractivity contribution in [3.8, 4) is 12.3 Å². The topological polar surface area (TPSA) is 854 Å². The maximum atomic E-state index is 11.3. The molecular weight excluding hydrogens is 1900 g/mol.